The maximum Gasteiger partial charge on any atom is 0.262 e. The maximum atomic E-state index is 12.5. The van der Waals surface area contributed by atoms with Crippen LogP contribution in [0.25, 0.3) is 11.0 Å². The number of ether oxygens (including phenoxy) is 2. The summed E-state index contributed by atoms with van der Waals surface area (Å²) < 4.78 is 16.2. The first-order valence-electron chi connectivity index (χ1n) is 10.6. The molecule has 8 nitrogen and oxygen atoms in total. The first kappa shape index (κ1) is 22.6. The van der Waals surface area contributed by atoms with E-state index in [2.05, 4.69) is 10.6 Å². The van der Waals surface area contributed by atoms with Crippen molar-refractivity contribution in [3.63, 3.8) is 0 Å². The molecular formula is C26H22N2O6. The zero-order chi connectivity index (χ0) is 23.9. The van der Waals surface area contributed by atoms with Gasteiger partial charge in [-0.3, -0.25) is 14.4 Å². The van der Waals surface area contributed by atoms with E-state index in [-0.39, 0.29) is 23.9 Å². The lowest BCUT2D eigenvalue weighted by molar-refractivity contribution is -0.118. The second-order valence-corrected chi connectivity index (χ2v) is 7.27. The summed E-state index contributed by atoms with van der Waals surface area (Å²) in [6.45, 7) is 2.20. The van der Waals surface area contributed by atoms with Crippen molar-refractivity contribution in [1.82, 2.24) is 0 Å². The van der Waals surface area contributed by atoms with Gasteiger partial charge in [-0.05, 0) is 61.5 Å². The SMILES string of the molecule is CCOc1ccc(C(=O)Nc2cccc(NC(=O)COc3ccc4c(=O)ccoc4c3)c2)cc1. The number of carbonyl (C=O) groups is 2. The highest BCUT2D eigenvalue weighted by Gasteiger charge is 2.09. The normalized spacial score (nSPS) is 10.5. The second-order valence-electron chi connectivity index (χ2n) is 7.27. The van der Waals surface area contributed by atoms with E-state index in [0.29, 0.717) is 46.0 Å². The van der Waals surface area contributed by atoms with Crippen LogP contribution >= 0.6 is 0 Å². The van der Waals surface area contributed by atoms with Crippen LogP contribution in [0.4, 0.5) is 11.4 Å². The molecule has 0 fully saturated rings. The van der Waals surface area contributed by atoms with Crippen molar-refractivity contribution in [1.29, 1.82) is 0 Å². The number of hydrogen-bond donors (Lipinski definition) is 2. The number of hydrogen-bond acceptors (Lipinski definition) is 6. The topological polar surface area (TPSA) is 107 Å². The molecule has 4 rings (SSSR count). The summed E-state index contributed by atoms with van der Waals surface area (Å²) in [5.74, 6) is 0.426. The minimum atomic E-state index is -0.385. The molecule has 0 aliphatic heterocycles. The van der Waals surface area contributed by atoms with Crippen molar-refractivity contribution >= 4 is 34.2 Å². The molecule has 0 atom stereocenters. The van der Waals surface area contributed by atoms with Crippen molar-refractivity contribution in [2.45, 2.75) is 6.92 Å². The van der Waals surface area contributed by atoms with Crippen LogP contribution in [0.2, 0.25) is 0 Å². The van der Waals surface area contributed by atoms with Gasteiger partial charge in [0.15, 0.2) is 12.0 Å². The summed E-state index contributed by atoms with van der Waals surface area (Å²) in [5, 5.41) is 5.97. The Morgan fingerprint density at radius 2 is 1.59 bits per heavy atom. The highest BCUT2D eigenvalue weighted by Crippen LogP contribution is 2.20. The highest BCUT2D eigenvalue weighted by molar-refractivity contribution is 6.04. The maximum absolute atomic E-state index is 12.5. The minimum Gasteiger partial charge on any atom is -0.494 e. The van der Waals surface area contributed by atoms with Crippen molar-refractivity contribution in [2.75, 3.05) is 23.8 Å². The first-order valence-corrected chi connectivity index (χ1v) is 10.6. The van der Waals surface area contributed by atoms with Crippen LogP contribution in [0.3, 0.4) is 0 Å². The van der Waals surface area contributed by atoms with Gasteiger partial charge in [0.05, 0.1) is 18.3 Å². The molecule has 0 spiro atoms. The van der Waals surface area contributed by atoms with Crippen LogP contribution in [0.5, 0.6) is 11.5 Å². The molecule has 0 unspecified atom stereocenters. The molecule has 4 aromatic rings. The Hall–Kier alpha value is -4.59. The number of carbonyl (C=O) groups excluding carboxylic acids is 2. The third kappa shape index (κ3) is 5.60. The van der Waals surface area contributed by atoms with Crippen LogP contribution in [0, 0.1) is 0 Å². The van der Waals surface area contributed by atoms with Gasteiger partial charge in [0, 0.05) is 29.1 Å². The van der Waals surface area contributed by atoms with Gasteiger partial charge in [0.25, 0.3) is 11.8 Å². The zero-order valence-corrected chi connectivity index (χ0v) is 18.4. The fourth-order valence-corrected chi connectivity index (χ4v) is 3.25. The lowest BCUT2D eigenvalue weighted by Gasteiger charge is -2.10. The largest absolute Gasteiger partial charge is 0.494 e. The van der Waals surface area contributed by atoms with E-state index < -0.39 is 0 Å². The lowest BCUT2D eigenvalue weighted by Crippen LogP contribution is -2.20. The molecule has 0 radical (unpaired) electrons. The molecular weight excluding hydrogens is 436 g/mol. The highest BCUT2D eigenvalue weighted by atomic mass is 16.5. The Morgan fingerprint density at radius 3 is 2.35 bits per heavy atom. The summed E-state index contributed by atoms with van der Waals surface area (Å²) >= 11 is 0. The van der Waals surface area contributed by atoms with E-state index in [9.17, 15) is 14.4 Å². The van der Waals surface area contributed by atoms with Gasteiger partial charge in [-0.2, -0.15) is 0 Å². The summed E-state index contributed by atoms with van der Waals surface area (Å²) in [4.78, 5) is 36.6. The average molecular weight is 458 g/mol. The third-order valence-corrected chi connectivity index (χ3v) is 4.83. The Bertz CT molecular complexity index is 1380. The summed E-state index contributed by atoms with van der Waals surface area (Å²) in [7, 11) is 0. The van der Waals surface area contributed by atoms with Crippen molar-refractivity contribution in [3.05, 3.63) is 94.8 Å². The van der Waals surface area contributed by atoms with E-state index in [1.165, 1.54) is 12.3 Å². The molecule has 8 heteroatoms. The number of benzene rings is 3. The van der Waals surface area contributed by atoms with Gasteiger partial charge in [0.2, 0.25) is 0 Å². The summed E-state index contributed by atoms with van der Waals surface area (Å²) in [6.07, 6.45) is 1.31. The quantitative estimate of drug-likeness (QED) is 0.404. The van der Waals surface area contributed by atoms with Gasteiger partial charge >= 0.3 is 0 Å². The number of amides is 2. The molecule has 1 heterocycles. The number of fused-ring (bicyclic) bond motifs is 1. The third-order valence-electron chi connectivity index (χ3n) is 4.83. The smallest absolute Gasteiger partial charge is 0.262 e. The molecule has 0 aliphatic carbocycles. The minimum absolute atomic E-state index is 0.153. The predicted molar refractivity (Wildman–Crippen MR) is 129 cm³/mol. The Labute approximate surface area is 195 Å². The zero-order valence-electron chi connectivity index (χ0n) is 18.4. The molecule has 0 aliphatic rings. The lowest BCUT2D eigenvalue weighted by atomic mass is 10.2. The van der Waals surface area contributed by atoms with Crippen LogP contribution < -0.4 is 25.5 Å². The van der Waals surface area contributed by atoms with Crippen molar-refractivity contribution < 1.29 is 23.5 Å². The van der Waals surface area contributed by atoms with E-state index >= 15 is 0 Å². The fraction of sp³-hybridized carbons (Fsp3) is 0.115. The molecule has 3 aromatic carbocycles. The average Bonchev–Trinajstić information content (AvgIpc) is 2.84. The Kier molecular flexibility index (Phi) is 6.88. The van der Waals surface area contributed by atoms with E-state index in [1.807, 2.05) is 6.92 Å². The van der Waals surface area contributed by atoms with E-state index in [1.54, 1.807) is 66.7 Å². The number of nitrogens with one attached hydrogen (secondary N) is 2. The number of anilines is 2. The van der Waals surface area contributed by atoms with Crippen molar-refractivity contribution in [2.24, 2.45) is 0 Å². The molecule has 1 aromatic heterocycles. The molecule has 0 bridgehead atoms. The van der Waals surface area contributed by atoms with Gasteiger partial charge in [0.1, 0.15) is 17.1 Å². The van der Waals surface area contributed by atoms with Crippen LogP contribution in [-0.4, -0.2) is 25.0 Å². The van der Waals surface area contributed by atoms with E-state index in [0.717, 1.165) is 0 Å². The van der Waals surface area contributed by atoms with E-state index in [4.69, 9.17) is 13.9 Å². The molecule has 2 N–H and O–H groups in total. The molecule has 2 amide bonds. The monoisotopic (exact) mass is 458 g/mol. The Balaban J connectivity index is 1.34. The fourth-order valence-electron chi connectivity index (χ4n) is 3.25. The molecule has 172 valence electrons. The first-order chi connectivity index (χ1) is 16.5. The second kappa shape index (κ2) is 10.4. The standard InChI is InChI=1S/C26H22N2O6/c1-2-32-20-8-6-17(7-9-20)26(31)28-19-5-3-4-18(14-19)27-25(30)16-34-21-10-11-22-23(29)12-13-33-24(22)15-21/h3-15H,2,16H2,1H3,(H,27,30)(H,28,31). The number of rotatable bonds is 8. The van der Waals surface area contributed by atoms with Crippen LogP contribution in [-0.2, 0) is 4.79 Å². The van der Waals surface area contributed by atoms with Gasteiger partial charge in [-0.25, -0.2) is 0 Å². The summed E-state index contributed by atoms with van der Waals surface area (Å²) in [6, 6.07) is 19.7. The predicted octanol–water partition coefficient (Wildman–Crippen LogP) is 4.46. The Morgan fingerprint density at radius 1 is 0.853 bits per heavy atom. The van der Waals surface area contributed by atoms with Crippen LogP contribution in [0.15, 0.2) is 88.3 Å². The van der Waals surface area contributed by atoms with Crippen LogP contribution in [0.1, 0.15) is 17.3 Å². The molecule has 0 saturated carbocycles. The van der Waals surface area contributed by atoms with Gasteiger partial charge < -0.3 is 24.5 Å². The molecule has 34 heavy (non-hydrogen) atoms. The van der Waals surface area contributed by atoms with Gasteiger partial charge in [-0.15, -0.1) is 0 Å². The summed E-state index contributed by atoms with van der Waals surface area (Å²) in [5.41, 5.74) is 1.74. The molecule has 0 saturated heterocycles. The van der Waals surface area contributed by atoms with Crippen molar-refractivity contribution in [3.8, 4) is 11.5 Å². The van der Waals surface area contributed by atoms with Gasteiger partial charge in [-0.1, -0.05) is 6.07 Å².